The molecule has 2 heteroatoms. The third-order valence-electron chi connectivity index (χ3n) is 2.96. The fraction of sp³-hybridized carbons (Fsp3) is 0.200. The molecule has 0 aliphatic rings. The van der Waals surface area contributed by atoms with Crippen molar-refractivity contribution >= 4 is 5.69 Å². The summed E-state index contributed by atoms with van der Waals surface area (Å²) < 4.78 is 0. The SMILES string of the molecule is Cc1ccc(N)cc1-c1ccc(CCN)cc1. The minimum absolute atomic E-state index is 0.691. The monoisotopic (exact) mass is 226 g/mol. The quantitative estimate of drug-likeness (QED) is 0.791. The van der Waals surface area contributed by atoms with Crippen LogP contribution < -0.4 is 11.5 Å². The lowest BCUT2D eigenvalue weighted by atomic mass is 9.98. The maximum atomic E-state index is 5.83. The van der Waals surface area contributed by atoms with Crippen LogP contribution >= 0.6 is 0 Å². The van der Waals surface area contributed by atoms with Gasteiger partial charge in [0.05, 0.1) is 0 Å². The number of rotatable bonds is 3. The summed E-state index contributed by atoms with van der Waals surface area (Å²) >= 11 is 0. The standard InChI is InChI=1S/C15H18N2/c1-11-2-7-14(17)10-15(11)13-5-3-12(4-6-13)8-9-16/h2-7,10H,8-9,16-17H2,1H3. The fourth-order valence-electron chi connectivity index (χ4n) is 1.97. The molecule has 2 aromatic carbocycles. The molecule has 17 heavy (non-hydrogen) atoms. The summed E-state index contributed by atoms with van der Waals surface area (Å²) in [7, 11) is 0. The molecule has 0 fully saturated rings. The van der Waals surface area contributed by atoms with E-state index in [9.17, 15) is 0 Å². The summed E-state index contributed by atoms with van der Waals surface area (Å²) in [5, 5.41) is 0. The van der Waals surface area contributed by atoms with Crippen LogP contribution in [0.2, 0.25) is 0 Å². The van der Waals surface area contributed by atoms with Crippen LogP contribution in [0.3, 0.4) is 0 Å². The molecule has 88 valence electrons. The lowest BCUT2D eigenvalue weighted by Crippen LogP contribution is -2.02. The van der Waals surface area contributed by atoms with E-state index >= 15 is 0 Å². The minimum atomic E-state index is 0.691. The third-order valence-corrected chi connectivity index (χ3v) is 2.96. The van der Waals surface area contributed by atoms with Gasteiger partial charge in [0.25, 0.3) is 0 Å². The van der Waals surface area contributed by atoms with Crippen molar-refractivity contribution in [3.63, 3.8) is 0 Å². The second-order valence-corrected chi connectivity index (χ2v) is 4.31. The highest BCUT2D eigenvalue weighted by Gasteiger charge is 2.02. The van der Waals surface area contributed by atoms with Gasteiger partial charge in [0.2, 0.25) is 0 Å². The molecule has 0 aliphatic heterocycles. The van der Waals surface area contributed by atoms with Crippen LogP contribution in [0.4, 0.5) is 5.69 Å². The van der Waals surface area contributed by atoms with E-state index in [-0.39, 0.29) is 0 Å². The molecule has 0 saturated carbocycles. The summed E-state index contributed by atoms with van der Waals surface area (Å²) in [6.07, 6.45) is 0.927. The van der Waals surface area contributed by atoms with E-state index in [0.717, 1.165) is 12.1 Å². The Bertz CT molecular complexity index is 501. The van der Waals surface area contributed by atoms with Crippen LogP contribution in [-0.2, 0) is 6.42 Å². The van der Waals surface area contributed by atoms with E-state index in [0.29, 0.717) is 6.54 Å². The zero-order valence-electron chi connectivity index (χ0n) is 10.1. The first-order valence-electron chi connectivity index (χ1n) is 5.86. The minimum Gasteiger partial charge on any atom is -0.399 e. The number of nitrogen functional groups attached to an aromatic ring is 1. The second-order valence-electron chi connectivity index (χ2n) is 4.31. The highest BCUT2D eigenvalue weighted by atomic mass is 14.5. The smallest absolute Gasteiger partial charge is 0.0320 e. The maximum Gasteiger partial charge on any atom is 0.0320 e. The average Bonchev–Trinajstić information content (AvgIpc) is 2.34. The average molecular weight is 226 g/mol. The van der Waals surface area contributed by atoms with E-state index in [1.54, 1.807) is 0 Å². The molecule has 0 heterocycles. The van der Waals surface area contributed by atoms with E-state index < -0.39 is 0 Å². The zero-order valence-corrected chi connectivity index (χ0v) is 10.1. The van der Waals surface area contributed by atoms with Crippen LogP contribution in [0.5, 0.6) is 0 Å². The van der Waals surface area contributed by atoms with Crippen LogP contribution in [0, 0.1) is 6.92 Å². The fourth-order valence-corrected chi connectivity index (χ4v) is 1.97. The summed E-state index contributed by atoms with van der Waals surface area (Å²) in [6, 6.07) is 14.5. The molecule has 0 atom stereocenters. The maximum absolute atomic E-state index is 5.83. The Morgan fingerprint density at radius 2 is 1.71 bits per heavy atom. The van der Waals surface area contributed by atoms with Gasteiger partial charge in [0.1, 0.15) is 0 Å². The van der Waals surface area contributed by atoms with Crippen LogP contribution in [0.15, 0.2) is 42.5 Å². The van der Waals surface area contributed by atoms with E-state index in [2.05, 4.69) is 37.3 Å². The zero-order chi connectivity index (χ0) is 12.3. The molecule has 4 N–H and O–H groups in total. The Balaban J connectivity index is 2.36. The number of nitrogens with two attached hydrogens (primary N) is 2. The summed E-state index contributed by atoms with van der Waals surface area (Å²) in [5.74, 6) is 0. The lowest BCUT2D eigenvalue weighted by molar-refractivity contribution is 0.969. The first-order valence-corrected chi connectivity index (χ1v) is 5.86. The van der Waals surface area contributed by atoms with E-state index in [1.807, 2.05) is 12.1 Å². The van der Waals surface area contributed by atoms with Gasteiger partial charge in [-0.1, -0.05) is 30.3 Å². The van der Waals surface area contributed by atoms with Gasteiger partial charge >= 0.3 is 0 Å². The second kappa shape index (κ2) is 5.02. The molecular weight excluding hydrogens is 208 g/mol. The van der Waals surface area contributed by atoms with E-state index in [1.165, 1.54) is 22.3 Å². The van der Waals surface area contributed by atoms with Crippen molar-refractivity contribution < 1.29 is 0 Å². The first-order chi connectivity index (χ1) is 8.20. The summed E-state index contributed by atoms with van der Waals surface area (Å²) in [6.45, 7) is 2.79. The Hall–Kier alpha value is -1.80. The molecule has 0 spiro atoms. The number of hydrogen-bond acceptors (Lipinski definition) is 2. The van der Waals surface area contributed by atoms with Gasteiger partial charge in [-0.2, -0.15) is 0 Å². The van der Waals surface area contributed by atoms with Gasteiger partial charge < -0.3 is 11.5 Å². The predicted molar refractivity (Wildman–Crippen MR) is 73.8 cm³/mol. The van der Waals surface area contributed by atoms with Gasteiger partial charge in [-0.3, -0.25) is 0 Å². The van der Waals surface area contributed by atoms with Crippen molar-refractivity contribution in [2.45, 2.75) is 13.3 Å². The highest BCUT2D eigenvalue weighted by molar-refractivity contribution is 5.70. The molecule has 0 unspecified atom stereocenters. The topological polar surface area (TPSA) is 52.0 Å². The van der Waals surface area contributed by atoms with E-state index in [4.69, 9.17) is 11.5 Å². The first kappa shape index (κ1) is 11.7. The van der Waals surface area contributed by atoms with Crippen molar-refractivity contribution in [2.24, 2.45) is 5.73 Å². The molecule has 0 aromatic heterocycles. The molecule has 0 radical (unpaired) electrons. The van der Waals surface area contributed by atoms with Crippen molar-refractivity contribution in [3.8, 4) is 11.1 Å². The molecule has 0 aliphatic carbocycles. The number of anilines is 1. The normalized spacial score (nSPS) is 10.5. The lowest BCUT2D eigenvalue weighted by Gasteiger charge is -2.08. The van der Waals surface area contributed by atoms with Gasteiger partial charge in [0.15, 0.2) is 0 Å². The Morgan fingerprint density at radius 1 is 1.00 bits per heavy atom. The van der Waals surface area contributed by atoms with Crippen molar-refractivity contribution in [3.05, 3.63) is 53.6 Å². The predicted octanol–water partition coefficient (Wildman–Crippen LogP) is 2.75. The molecule has 2 nitrogen and oxygen atoms in total. The largest absolute Gasteiger partial charge is 0.399 e. The number of aryl methyl sites for hydroxylation is 1. The van der Waals surface area contributed by atoms with Gasteiger partial charge in [-0.05, 0) is 54.3 Å². The molecule has 0 amide bonds. The van der Waals surface area contributed by atoms with Crippen molar-refractivity contribution in [1.29, 1.82) is 0 Å². The summed E-state index contributed by atoms with van der Waals surface area (Å²) in [5.41, 5.74) is 17.1. The van der Waals surface area contributed by atoms with Gasteiger partial charge in [-0.15, -0.1) is 0 Å². The van der Waals surface area contributed by atoms with Crippen molar-refractivity contribution in [2.75, 3.05) is 12.3 Å². The molecule has 2 rings (SSSR count). The van der Waals surface area contributed by atoms with Gasteiger partial charge in [0, 0.05) is 5.69 Å². The molecule has 0 saturated heterocycles. The van der Waals surface area contributed by atoms with Gasteiger partial charge in [-0.25, -0.2) is 0 Å². The third kappa shape index (κ3) is 2.66. The number of hydrogen-bond donors (Lipinski definition) is 2. The number of benzene rings is 2. The van der Waals surface area contributed by atoms with Crippen LogP contribution in [0.1, 0.15) is 11.1 Å². The van der Waals surface area contributed by atoms with Crippen LogP contribution in [-0.4, -0.2) is 6.54 Å². The van der Waals surface area contributed by atoms with Crippen molar-refractivity contribution in [1.82, 2.24) is 0 Å². The van der Waals surface area contributed by atoms with Crippen LogP contribution in [0.25, 0.3) is 11.1 Å². The Morgan fingerprint density at radius 3 is 2.35 bits per heavy atom. The Labute approximate surface area is 102 Å². The molecular formula is C15H18N2. The highest BCUT2D eigenvalue weighted by Crippen LogP contribution is 2.25. The Kier molecular flexibility index (Phi) is 3.45. The summed E-state index contributed by atoms with van der Waals surface area (Å²) in [4.78, 5) is 0. The molecule has 2 aromatic rings. The molecule has 0 bridgehead atoms.